The molecule has 0 aliphatic rings. The van der Waals surface area contributed by atoms with Gasteiger partial charge in [0.1, 0.15) is 17.4 Å². The van der Waals surface area contributed by atoms with Crippen LogP contribution in [0.3, 0.4) is 0 Å². The van der Waals surface area contributed by atoms with E-state index in [0.717, 1.165) is 18.2 Å². The summed E-state index contributed by atoms with van der Waals surface area (Å²) in [6.45, 7) is 0. The van der Waals surface area contributed by atoms with Crippen molar-refractivity contribution in [2.24, 2.45) is 0 Å². The van der Waals surface area contributed by atoms with Crippen LogP contribution in [0.15, 0.2) is 34.7 Å². The van der Waals surface area contributed by atoms with E-state index in [2.05, 4.69) is 4.74 Å². The van der Waals surface area contributed by atoms with Crippen molar-refractivity contribution in [3.05, 3.63) is 47.7 Å². The molecule has 0 aliphatic carbocycles. The number of halogens is 2. The Balaban J connectivity index is 2.40. The highest BCUT2D eigenvalue weighted by Gasteiger charge is 2.13. The summed E-state index contributed by atoms with van der Waals surface area (Å²) in [4.78, 5) is 11.1. The number of hydrogen-bond donors (Lipinski definition) is 0. The Bertz CT molecular complexity index is 540. The largest absolute Gasteiger partial charge is 0.463 e. The normalized spacial score (nSPS) is 10.3. The van der Waals surface area contributed by atoms with Gasteiger partial charge in [-0.25, -0.2) is 13.6 Å². The van der Waals surface area contributed by atoms with Crippen LogP contribution in [0.25, 0.3) is 11.3 Å². The summed E-state index contributed by atoms with van der Waals surface area (Å²) >= 11 is 0. The van der Waals surface area contributed by atoms with E-state index in [-0.39, 0.29) is 17.1 Å². The molecule has 1 heterocycles. The molecule has 0 N–H and O–H groups in total. The van der Waals surface area contributed by atoms with Gasteiger partial charge in [0.25, 0.3) is 0 Å². The molecule has 0 spiro atoms. The lowest BCUT2D eigenvalue weighted by Crippen LogP contribution is -1.98. The van der Waals surface area contributed by atoms with Crippen molar-refractivity contribution in [1.82, 2.24) is 0 Å². The van der Waals surface area contributed by atoms with Crippen LogP contribution in [0.1, 0.15) is 10.6 Å². The highest BCUT2D eigenvalue weighted by Crippen LogP contribution is 2.24. The molecule has 5 heteroatoms. The maximum absolute atomic E-state index is 13.0. The van der Waals surface area contributed by atoms with Crippen LogP contribution in [0.5, 0.6) is 0 Å². The molecule has 0 fully saturated rings. The highest BCUT2D eigenvalue weighted by molar-refractivity contribution is 5.87. The Morgan fingerprint density at radius 2 is 1.82 bits per heavy atom. The van der Waals surface area contributed by atoms with Crippen molar-refractivity contribution in [3.63, 3.8) is 0 Å². The minimum Gasteiger partial charge on any atom is -0.463 e. The second-order valence-corrected chi connectivity index (χ2v) is 3.31. The monoisotopic (exact) mass is 238 g/mol. The Morgan fingerprint density at radius 3 is 2.41 bits per heavy atom. The Morgan fingerprint density at radius 1 is 1.18 bits per heavy atom. The minimum atomic E-state index is -0.712. The fraction of sp³-hybridized carbons (Fsp3) is 0.0833. The van der Waals surface area contributed by atoms with E-state index in [1.165, 1.54) is 19.2 Å². The van der Waals surface area contributed by atoms with Crippen LogP contribution in [-0.4, -0.2) is 13.1 Å². The van der Waals surface area contributed by atoms with Crippen molar-refractivity contribution in [2.45, 2.75) is 0 Å². The van der Waals surface area contributed by atoms with E-state index in [0.29, 0.717) is 0 Å². The SMILES string of the molecule is COC(=O)c1ccc(-c2cc(F)cc(F)c2)o1. The summed E-state index contributed by atoms with van der Waals surface area (Å²) in [7, 11) is 1.21. The number of benzene rings is 1. The second-order valence-electron chi connectivity index (χ2n) is 3.31. The summed E-state index contributed by atoms with van der Waals surface area (Å²) in [6, 6.07) is 5.81. The smallest absolute Gasteiger partial charge is 0.373 e. The predicted molar refractivity (Wildman–Crippen MR) is 55.4 cm³/mol. The standard InChI is InChI=1S/C12H8F2O3/c1-16-12(15)11-3-2-10(17-11)7-4-8(13)6-9(14)5-7/h2-6H,1H3. The molecule has 0 amide bonds. The number of esters is 1. The van der Waals surface area contributed by atoms with Gasteiger partial charge in [0.15, 0.2) is 0 Å². The Labute approximate surface area is 95.6 Å². The van der Waals surface area contributed by atoms with Crippen LogP contribution in [0.4, 0.5) is 8.78 Å². The van der Waals surface area contributed by atoms with Gasteiger partial charge in [0, 0.05) is 11.6 Å². The molecule has 0 aliphatic heterocycles. The van der Waals surface area contributed by atoms with Gasteiger partial charge >= 0.3 is 5.97 Å². The lowest BCUT2D eigenvalue weighted by Gasteiger charge is -1.98. The molecule has 17 heavy (non-hydrogen) atoms. The first-order valence-corrected chi connectivity index (χ1v) is 4.75. The Kier molecular flexibility index (Phi) is 2.91. The van der Waals surface area contributed by atoms with E-state index in [4.69, 9.17) is 4.42 Å². The summed E-state index contributed by atoms with van der Waals surface area (Å²) < 4.78 is 35.5. The molecule has 2 rings (SSSR count). The van der Waals surface area contributed by atoms with Crippen molar-refractivity contribution in [2.75, 3.05) is 7.11 Å². The topological polar surface area (TPSA) is 39.4 Å². The van der Waals surface area contributed by atoms with Gasteiger partial charge in [-0.3, -0.25) is 0 Å². The molecule has 0 atom stereocenters. The van der Waals surface area contributed by atoms with Crippen molar-refractivity contribution < 1.29 is 22.7 Å². The first-order valence-electron chi connectivity index (χ1n) is 4.75. The number of furan rings is 1. The molecule has 0 saturated heterocycles. The molecular formula is C12H8F2O3. The van der Waals surface area contributed by atoms with Crippen molar-refractivity contribution in [1.29, 1.82) is 0 Å². The van der Waals surface area contributed by atoms with E-state index in [1.807, 2.05) is 0 Å². The van der Waals surface area contributed by atoms with Crippen molar-refractivity contribution >= 4 is 5.97 Å². The summed E-state index contributed by atoms with van der Waals surface area (Å²) in [5.74, 6) is -1.89. The summed E-state index contributed by atoms with van der Waals surface area (Å²) in [6.07, 6.45) is 0. The number of carbonyl (C=O) groups excluding carboxylic acids is 1. The van der Waals surface area contributed by atoms with Crippen molar-refractivity contribution in [3.8, 4) is 11.3 Å². The van der Waals surface area contributed by atoms with Gasteiger partial charge in [0.05, 0.1) is 7.11 Å². The second kappa shape index (κ2) is 4.37. The zero-order valence-corrected chi connectivity index (χ0v) is 8.87. The number of carbonyl (C=O) groups is 1. The van der Waals surface area contributed by atoms with Gasteiger partial charge in [-0.15, -0.1) is 0 Å². The van der Waals surface area contributed by atoms with Crippen LogP contribution < -0.4 is 0 Å². The molecule has 0 radical (unpaired) electrons. The zero-order chi connectivity index (χ0) is 12.4. The van der Waals surface area contributed by atoms with Crippen LogP contribution in [-0.2, 0) is 4.74 Å². The van der Waals surface area contributed by atoms with Crippen LogP contribution in [0, 0.1) is 11.6 Å². The zero-order valence-electron chi connectivity index (χ0n) is 8.87. The van der Waals surface area contributed by atoms with Gasteiger partial charge in [-0.05, 0) is 24.3 Å². The fourth-order valence-corrected chi connectivity index (χ4v) is 1.40. The lowest BCUT2D eigenvalue weighted by atomic mass is 10.1. The number of hydrogen-bond acceptors (Lipinski definition) is 3. The first-order chi connectivity index (χ1) is 8.10. The van der Waals surface area contributed by atoms with Crippen LogP contribution in [0.2, 0.25) is 0 Å². The maximum Gasteiger partial charge on any atom is 0.373 e. The van der Waals surface area contributed by atoms with E-state index in [9.17, 15) is 13.6 Å². The molecule has 0 bridgehead atoms. The van der Waals surface area contributed by atoms with Gasteiger partial charge in [0.2, 0.25) is 5.76 Å². The molecule has 2 aromatic rings. The fourth-order valence-electron chi connectivity index (χ4n) is 1.40. The van der Waals surface area contributed by atoms with Gasteiger partial charge in [-0.2, -0.15) is 0 Å². The minimum absolute atomic E-state index is 0.0211. The molecule has 3 nitrogen and oxygen atoms in total. The number of rotatable bonds is 2. The molecule has 1 aromatic heterocycles. The molecule has 0 unspecified atom stereocenters. The highest BCUT2D eigenvalue weighted by atomic mass is 19.1. The molecule has 1 aromatic carbocycles. The average Bonchev–Trinajstić information content (AvgIpc) is 2.76. The van der Waals surface area contributed by atoms with E-state index < -0.39 is 17.6 Å². The third-order valence-corrected chi connectivity index (χ3v) is 2.14. The molecular weight excluding hydrogens is 230 g/mol. The van der Waals surface area contributed by atoms with E-state index >= 15 is 0 Å². The van der Waals surface area contributed by atoms with Gasteiger partial charge < -0.3 is 9.15 Å². The third-order valence-electron chi connectivity index (χ3n) is 2.14. The average molecular weight is 238 g/mol. The predicted octanol–water partition coefficient (Wildman–Crippen LogP) is 3.01. The number of methoxy groups -OCH3 is 1. The quantitative estimate of drug-likeness (QED) is 0.755. The molecule has 88 valence electrons. The Hall–Kier alpha value is -2.17. The lowest BCUT2D eigenvalue weighted by molar-refractivity contribution is 0.0566. The maximum atomic E-state index is 13.0. The summed E-state index contributed by atoms with van der Waals surface area (Å²) in [5.41, 5.74) is 0.220. The summed E-state index contributed by atoms with van der Waals surface area (Å²) in [5, 5.41) is 0. The van der Waals surface area contributed by atoms with Gasteiger partial charge in [-0.1, -0.05) is 0 Å². The van der Waals surface area contributed by atoms with E-state index in [1.54, 1.807) is 0 Å². The first kappa shape index (κ1) is 11.3. The third kappa shape index (κ3) is 2.33. The molecule has 0 saturated carbocycles. The number of ether oxygens (including phenoxy) is 1. The van der Waals surface area contributed by atoms with Crippen LogP contribution >= 0.6 is 0 Å².